The van der Waals surface area contributed by atoms with Gasteiger partial charge < -0.3 is 5.73 Å². The number of sulfonamides is 1. The molecule has 3 N–H and O–H groups in total. The Labute approximate surface area is 204 Å². The molecule has 0 atom stereocenters. The number of rotatable bonds is 5. The number of pyridine rings is 1. The Bertz CT molecular complexity index is 1320. The van der Waals surface area contributed by atoms with Crippen LogP contribution in [0.2, 0.25) is 0 Å². The lowest BCUT2D eigenvalue weighted by atomic mass is 9.91. The third-order valence-corrected chi connectivity index (χ3v) is 9.54. The van der Waals surface area contributed by atoms with Crippen LogP contribution in [0.15, 0.2) is 40.0 Å². The molecule has 10 heteroatoms. The molecule has 2 aliphatic carbocycles. The highest BCUT2D eigenvalue weighted by Crippen LogP contribution is 2.36. The average Bonchev–Trinajstić information content (AvgIpc) is 3.13. The number of amides is 2. The van der Waals surface area contributed by atoms with Crippen molar-refractivity contribution in [3.05, 3.63) is 51.8 Å². The van der Waals surface area contributed by atoms with Gasteiger partial charge in [0.05, 0.1) is 16.8 Å². The number of aromatic nitrogens is 1. The van der Waals surface area contributed by atoms with E-state index in [9.17, 15) is 22.8 Å². The highest BCUT2D eigenvalue weighted by molar-refractivity contribution is 7.89. The molecule has 0 unspecified atom stereocenters. The molecular formula is C25H30N4O5S. The number of carbonyl (C=O) groups excluding carboxylic acids is 2. The molecule has 2 saturated carbocycles. The van der Waals surface area contributed by atoms with E-state index < -0.39 is 27.4 Å². The van der Waals surface area contributed by atoms with E-state index in [-0.39, 0.29) is 39.6 Å². The molecule has 3 aliphatic rings. The minimum atomic E-state index is -4.00. The van der Waals surface area contributed by atoms with Gasteiger partial charge in [0.1, 0.15) is 10.7 Å². The number of nitrogen functional groups attached to an aromatic ring is 1. The number of nitrogens with zero attached hydrogens (tertiary/aromatic N) is 2. The number of hydrogen-bond acceptors (Lipinski definition) is 6. The fourth-order valence-electron chi connectivity index (χ4n) is 5.86. The van der Waals surface area contributed by atoms with E-state index in [0.717, 1.165) is 74.8 Å². The molecule has 0 radical (unpaired) electrons. The molecule has 2 amide bonds. The first-order chi connectivity index (χ1) is 16.8. The zero-order valence-corrected chi connectivity index (χ0v) is 20.4. The van der Waals surface area contributed by atoms with Crippen molar-refractivity contribution >= 4 is 27.7 Å². The Hall–Kier alpha value is -2.98. The molecule has 1 aromatic heterocycles. The van der Waals surface area contributed by atoms with Gasteiger partial charge in [-0.05, 0) is 37.8 Å². The van der Waals surface area contributed by atoms with Gasteiger partial charge in [-0.2, -0.15) is 4.31 Å². The normalized spacial score (nSPS) is 19.7. The average molecular weight is 499 g/mol. The maximum absolute atomic E-state index is 14.3. The van der Waals surface area contributed by atoms with E-state index in [4.69, 9.17) is 5.73 Å². The van der Waals surface area contributed by atoms with Crippen LogP contribution in [-0.2, 0) is 10.0 Å². The summed E-state index contributed by atoms with van der Waals surface area (Å²) in [6.45, 7) is 0. The number of para-hydroxylation sites is 1. The second kappa shape index (κ2) is 9.23. The molecule has 2 fully saturated rings. The summed E-state index contributed by atoms with van der Waals surface area (Å²) in [4.78, 5) is 37.5. The topological polar surface area (TPSA) is 132 Å². The number of imide groups is 1. The van der Waals surface area contributed by atoms with Crippen molar-refractivity contribution in [1.82, 2.24) is 14.2 Å². The number of fused-ring (bicyclic) bond motifs is 1. The first kappa shape index (κ1) is 23.7. The predicted octanol–water partition coefficient (Wildman–Crippen LogP) is 2.96. The minimum absolute atomic E-state index is 0.0189. The molecular weight excluding hydrogens is 468 g/mol. The van der Waals surface area contributed by atoms with Crippen LogP contribution in [0.3, 0.4) is 0 Å². The van der Waals surface area contributed by atoms with Crippen molar-refractivity contribution in [3.8, 4) is 5.69 Å². The van der Waals surface area contributed by atoms with Crippen LogP contribution in [0.4, 0.5) is 5.82 Å². The molecule has 9 nitrogen and oxygen atoms in total. The van der Waals surface area contributed by atoms with Gasteiger partial charge in [0.2, 0.25) is 10.0 Å². The lowest BCUT2D eigenvalue weighted by Gasteiger charge is -2.40. The second-order valence-corrected chi connectivity index (χ2v) is 11.5. The summed E-state index contributed by atoms with van der Waals surface area (Å²) >= 11 is 0. The SMILES string of the molecule is Nc1c2c(cc(=O)n1-c1ccccc1S(=O)(=O)N(C1CCCCC1)C1CCCCC1)C(=O)NC2=O. The number of hydrogen-bond donors (Lipinski definition) is 2. The van der Waals surface area contributed by atoms with Gasteiger partial charge in [0.25, 0.3) is 17.4 Å². The predicted molar refractivity (Wildman–Crippen MR) is 131 cm³/mol. The highest BCUT2D eigenvalue weighted by atomic mass is 32.2. The van der Waals surface area contributed by atoms with Crippen LogP contribution in [0.25, 0.3) is 5.69 Å². The molecule has 1 aliphatic heterocycles. The van der Waals surface area contributed by atoms with Crippen LogP contribution in [0.5, 0.6) is 0 Å². The van der Waals surface area contributed by atoms with Gasteiger partial charge in [-0.15, -0.1) is 0 Å². The van der Waals surface area contributed by atoms with E-state index in [1.165, 1.54) is 12.1 Å². The molecule has 2 aromatic rings. The lowest BCUT2D eigenvalue weighted by Crippen LogP contribution is -2.48. The van der Waals surface area contributed by atoms with E-state index >= 15 is 0 Å². The summed E-state index contributed by atoms with van der Waals surface area (Å²) in [6.07, 6.45) is 9.46. The quantitative estimate of drug-likeness (QED) is 0.609. The number of anilines is 1. The lowest BCUT2D eigenvalue weighted by molar-refractivity contribution is 0.0880. The second-order valence-electron chi connectivity index (χ2n) is 9.66. The highest BCUT2D eigenvalue weighted by Gasteiger charge is 2.40. The first-order valence-electron chi connectivity index (χ1n) is 12.3. The zero-order valence-electron chi connectivity index (χ0n) is 19.5. The molecule has 186 valence electrons. The third kappa shape index (κ3) is 4.08. The third-order valence-electron chi connectivity index (χ3n) is 7.48. The van der Waals surface area contributed by atoms with E-state index in [1.54, 1.807) is 16.4 Å². The van der Waals surface area contributed by atoms with Crippen LogP contribution in [0, 0.1) is 0 Å². The van der Waals surface area contributed by atoms with Gasteiger partial charge in [0.15, 0.2) is 0 Å². The van der Waals surface area contributed by atoms with Gasteiger partial charge in [0, 0.05) is 18.2 Å². The molecule has 5 rings (SSSR count). The summed E-state index contributed by atoms with van der Waals surface area (Å²) in [5, 5.41) is 2.14. The minimum Gasteiger partial charge on any atom is -0.384 e. The van der Waals surface area contributed by atoms with Crippen molar-refractivity contribution in [2.45, 2.75) is 81.2 Å². The molecule has 35 heavy (non-hydrogen) atoms. The zero-order chi connectivity index (χ0) is 24.7. The maximum atomic E-state index is 14.3. The maximum Gasteiger partial charge on any atom is 0.262 e. The smallest absolute Gasteiger partial charge is 0.262 e. The van der Waals surface area contributed by atoms with Gasteiger partial charge in [-0.3, -0.25) is 24.3 Å². The summed E-state index contributed by atoms with van der Waals surface area (Å²) in [6, 6.07) is 7.14. The number of nitrogens with two attached hydrogens (primary N) is 1. The Morgan fingerprint density at radius 3 is 2.03 bits per heavy atom. The number of benzene rings is 1. The fourth-order valence-corrected chi connectivity index (χ4v) is 7.97. The van der Waals surface area contributed by atoms with Gasteiger partial charge >= 0.3 is 0 Å². The van der Waals surface area contributed by atoms with Gasteiger partial charge in [-0.1, -0.05) is 50.7 Å². The molecule has 1 aromatic carbocycles. The summed E-state index contributed by atoms with van der Waals surface area (Å²) in [7, 11) is -4.00. The largest absolute Gasteiger partial charge is 0.384 e. The Morgan fingerprint density at radius 1 is 0.857 bits per heavy atom. The molecule has 2 heterocycles. The van der Waals surface area contributed by atoms with Crippen molar-refractivity contribution in [2.24, 2.45) is 0 Å². The monoisotopic (exact) mass is 498 g/mol. The summed E-state index contributed by atoms with van der Waals surface area (Å²) < 4.78 is 31.4. The Balaban J connectivity index is 1.67. The Kier molecular flexibility index (Phi) is 6.27. The van der Waals surface area contributed by atoms with Crippen molar-refractivity contribution in [1.29, 1.82) is 0 Å². The van der Waals surface area contributed by atoms with E-state index in [0.29, 0.717) is 0 Å². The van der Waals surface area contributed by atoms with Crippen molar-refractivity contribution in [3.63, 3.8) is 0 Å². The number of nitrogens with one attached hydrogen (secondary N) is 1. The molecule has 0 saturated heterocycles. The summed E-state index contributed by atoms with van der Waals surface area (Å²) in [5.74, 6) is -1.65. The molecule has 0 spiro atoms. The first-order valence-corrected chi connectivity index (χ1v) is 13.8. The van der Waals surface area contributed by atoms with Crippen LogP contribution in [0.1, 0.15) is 84.9 Å². The molecule has 0 bridgehead atoms. The fraction of sp³-hybridized carbons (Fsp3) is 0.480. The van der Waals surface area contributed by atoms with Crippen LogP contribution in [-0.4, -0.2) is 41.2 Å². The Morgan fingerprint density at radius 2 is 1.43 bits per heavy atom. The van der Waals surface area contributed by atoms with Crippen molar-refractivity contribution < 1.29 is 18.0 Å². The van der Waals surface area contributed by atoms with E-state index in [1.807, 2.05) is 0 Å². The summed E-state index contributed by atoms with van der Waals surface area (Å²) in [5.41, 5.74) is 5.44. The van der Waals surface area contributed by atoms with Crippen molar-refractivity contribution in [2.75, 3.05) is 5.73 Å². The number of carbonyl (C=O) groups is 2. The van der Waals surface area contributed by atoms with Crippen LogP contribution >= 0.6 is 0 Å². The standard InChI is InChI=1S/C25H30N4O5S/c26-23-22-18(24(31)27-25(22)32)15-21(30)28(23)19-13-7-8-14-20(19)35(33,34)29(16-9-3-1-4-10-16)17-11-5-2-6-12-17/h7-8,13-17H,1-6,9-12,26H2,(H,27,31,32). The van der Waals surface area contributed by atoms with Crippen LogP contribution < -0.4 is 16.6 Å². The van der Waals surface area contributed by atoms with E-state index in [2.05, 4.69) is 5.32 Å². The van der Waals surface area contributed by atoms with Gasteiger partial charge in [-0.25, -0.2) is 8.42 Å².